The molecule has 0 saturated carbocycles. The Hall–Kier alpha value is -2.69. The number of allylic oxidation sites excluding steroid dienone is 3. The number of carbonyl (C=O) groups excluding carboxylic acids is 1. The highest BCUT2D eigenvalue weighted by Crippen LogP contribution is 2.30. The van der Waals surface area contributed by atoms with Crippen molar-refractivity contribution in [2.45, 2.75) is 6.42 Å². The number of benzene rings is 2. The van der Waals surface area contributed by atoms with Crippen molar-refractivity contribution >= 4 is 34.8 Å². The molecule has 140 valence electrons. The topological polar surface area (TPSA) is 58.6 Å². The summed E-state index contributed by atoms with van der Waals surface area (Å²) in [6.07, 6.45) is 5.89. The second kappa shape index (κ2) is 9.86. The van der Waals surface area contributed by atoms with Gasteiger partial charge in [0.25, 0.3) is 5.91 Å². The number of phenols is 1. The van der Waals surface area contributed by atoms with Crippen LogP contribution in [0.15, 0.2) is 73.4 Å². The molecule has 2 N–H and O–H groups in total. The van der Waals surface area contributed by atoms with Crippen LogP contribution in [-0.4, -0.2) is 17.6 Å². The first-order valence-corrected chi connectivity index (χ1v) is 8.86. The SMILES string of the molecule is C=C/C=C(\C=C)CCOc1ccc(Cl)cc1NC(=O)c1cc(Cl)ccc1O. The molecule has 0 aromatic heterocycles. The van der Waals surface area contributed by atoms with Gasteiger partial charge in [-0.05, 0) is 42.0 Å². The summed E-state index contributed by atoms with van der Waals surface area (Å²) in [5.41, 5.74) is 1.42. The summed E-state index contributed by atoms with van der Waals surface area (Å²) in [5.74, 6) is -0.247. The van der Waals surface area contributed by atoms with Gasteiger partial charge in [0.05, 0.1) is 17.9 Å². The molecule has 0 fully saturated rings. The van der Waals surface area contributed by atoms with Gasteiger partial charge in [0.2, 0.25) is 0 Å². The van der Waals surface area contributed by atoms with Gasteiger partial charge < -0.3 is 15.2 Å². The largest absolute Gasteiger partial charge is 0.507 e. The molecular weight excluding hydrogens is 385 g/mol. The second-order valence-corrected chi connectivity index (χ2v) is 6.41. The molecule has 0 saturated heterocycles. The average Bonchev–Trinajstić information content (AvgIpc) is 2.64. The first-order chi connectivity index (χ1) is 12.9. The van der Waals surface area contributed by atoms with Crippen LogP contribution in [0.1, 0.15) is 16.8 Å². The minimum atomic E-state index is -0.527. The maximum atomic E-state index is 12.5. The van der Waals surface area contributed by atoms with Crippen molar-refractivity contribution in [3.05, 3.63) is 89.0 Å². The zero-order valence-corrected chi connectivity index (χ0v) is 16.1. The Bertz CT molecular complexity index is 891. The van der Waals surface area contributed by atoms with Gasteiger partial charge in [-0.2, -0.15) is 0 Å². The maximum Gasteiger partial charge on any atom is 0.259 e. The summed E-state index contributed by atoms with van der Waals surface area (Å²) in [4.78, 5) is 12.5. The van der Waals surface area contributed by atoms with E-state index in [9.17, 15) is 9.90 Å². The first-order valence-electron chi connectivity index (χ1n) is 8.11. The van der Waals surface area contributed by atoms with E-state index in [2.05, 4.69) is 18.5 Å². The number of amides is 1. The standard InChI is InChI=1S/C21H19Cl2NO3/c1-3-5-14(4-2)10-11-27-20-9-7-16(23)13-18(20)24-21(26)17-12-15(22)6-8-19(17)25/h3-9,12-13,25H,1-2,10-11H2,(H,24,26)/b14-5+. The quantitative estimate of drug-likeness (QED) is 0.529. The molecule has 6 heteroatoms. The fourth-order valence-corrected chi connectivity index (χ4v) is 2.63. The molecule has 0 aliphatic rings. The van der Waals surface area contributed by atoms with Gasteiger partial charge in [-0.25, -0.2) is 0 Å². The lowest BCUT2D eigenvalue weighted by atomic mass is 10.1. The Morgan fingerprint density at radius 1 is 1.15 bits per heavy atom. The zero-order valence-electron chi connectivity index (χ0n) is 14.5. The molecule has 0 atom stereocenters. The summed E-state index contributed by atoms with van der Waals surface area (Å²) in [5, 5.41) is 13.4. The third-order valence-electron chi connectivity index (χ3n) is 3.64. The van der Waals surface area contributed by atoms with Crippen LogP contribution < -0.4 is 10.1 Å². The van der Waals surface area contributed by atoms with E-state index < -0.39 is 5.91 Å². The molecular formula is C21H19Cl2NO3. The summed E-state index contributed by atoms with van der Waals surface area (Å²) in [7, 11) is 0. The van der Waals surface area contributed by atoms with Crippen molar-refractivity contribution in [2.75, 3.05) is 11.9 Å². The van der Waals surface area contributed by atoms with E-state index in [1.165, 1.54) is 18.2 Å². The summed E-state index contributed by atoms with van der Waals surface area (Å²) < 4.78 is 5.78. The van der Waals surface area contributed by atoms with Crippen molar-refractivity contribution in [2.24, 2.45) is 0 Å². The van der Waals surface area contributed by atoms with Crippen molar-refractivity contribution in [1.29, 1.82) is 0 Å². The normalized spacial score (nSPS) is 11.0. The Morgan fingerprint density at radius 3 is 2.56 bits per heavy atom. The number of hydrogen-bond donors (Lipinski definition) is 2. The minimum Gasteiger partial charge on any atom is -0.507 e. The molecule has 0 bridgehead atoms. The van der Waals surface area contributed by atoms with Crippen LogP contribution in [0, 0.1) is 0 Å². The first kappa shape index (κ1) is 20.6. The Labute approximate surface area is 168 Å². The molecule has 27 heavy (non-hydrogen) atoms. The molecule has 0 aliphatic heterocycles. The number of phenolic OH excluding ortho intramolecular Hbond substituents is 1. The maximum absolute atomic E-state index is 12.5. The number of halogens is 2. The van der Waals surface area contributed by atoms with Gasteiger partial charge in [0, 0.05) is 16.5 Å². The lowest BCUT2D eigenvalue weighted by Crippen LogP contribution is -2.13. The highest BCUT2D eigenvalue weighted by molar-refractivity contribution is 6.31. The van der Waals surface area contributed by atoms with E-state index in [0.29, 0.717) is 34.5 Å². The van der Waals surface area contributed by atoms with E-state index in [-0.39, 0.29) is 11.3 Å². The Morgan fingerprint density at radius 2 is 1.85 bits per heavy atom. The third kappa shape index (κ3) is 5.91. The molecule has 1 amide bonds. The fraction of sp³-hybridized carbons (Fsp3) is 0.0952. The zero-order chi connectivity index (χ0) is 19.8. The van der Waals surface area contributed by atoms with E-state index >= 15 is 0 Å². The third-order valence-corrected chi connectivity index (χ3v) is 4.11. The lowest BCUT2D eigenvalue weighted by Gasteiger charge is -2.14. The Kier molecular flexibility index (Phi) is 7.53. The number of anilines is 1. The van der Waals surface area contributed by atoms with Gasteiger partial charge in [-0.1, -0.05) is 54.6 Å². The van der Waals surface area contributed by atoms with Crippen molar-refractivity contribution < 1.29 is 14.6 Å². The van der Waals surface area contributed by atoms with E-state index in [0.717, 1.165) is 5.57 Å². The minimum absolute atomic E-state index is 0.0521. The molecule has 0 spiro atoms. The lowest BCUT2D eigenvalue weighted by molar-refractivity contribution is 0.102. The number of nitrogens with one attached hydrogen (secondary N) is 1. The van der Waals surface area contributed by atoms with Crippen LogP contribution in [0.4, 0.5) is 5.69 Å². The van der Waals surface area contributed by atoms with Crippen molar-refractivity contribution in [3.8, 4) is 11.5 Å². The molecule has 2 aromatic rings. The molecule has 2 rings (SSSR count). The van der Waals surface area contributed by atoms with Crippen LogP contribution in [0.2, 0.25) is 10.0 Å². The number of carbonyl (C=O) groups is 1. The van der Waals surface area contributed by atoms with Crippen LogP contribution in [0.5, 0.6) is 11.5 Å². The van der Waals surface area contributed by atoms with Crippen LogP contribution >= 0.6 is 23.2 Å². The monoisotopic (exact) mass is 403 g/mol. The second-order valence-electron chi connectivity index (χ2n) is 5.54. The summed E-state index contributed by atoms with van der Waals surface area (Å²) in [6, 6.07) is 9.14. The molecule has 0 unspecified atom stereocenters. The van der Waals surface area contributed by atoms with Crippen molar-refractivity contribution in [3.63, 3.8) is 0 Å². The van der Waals surface area contributed by atoms with Gasteiger partial charge in [0.1, 0.15) is 11.5 Å². The predicted molar refractivity (Wildman–Crippen MR) is 111 cm³/mol. The number of ether oxygens (including phenoxy) is 1. The van der Waals surface area contributed by atoms with Crippen LogP contribution in [-0.2, 0) is 0 Å². The van der Waals surface area contributed by atoms with E-state index in [1.54, 1.807) is 30.4 Å². The highest BCUT2D eigenvalue weighted by atomic mass is 35.5. The van der Waals surface area contributed by atoms with Crippen molar-refractivity contribution in [1.82, 2.24) is 0 Å². The summed E-state index contributed by atoms with van der Waals surface area (Å²) >= 11 is 11.9. The molecule has 2 aromatic carbocycles. The highest BCUT2D eigenvalue weighted by Gasteiger charge is 2.15. The van der Waals surface area contributed by atoms with Gasteiger partial charge in [-0.3, -0.25) is 4.79 Å². The van der Waals surface area contributed by atoms with E-state index in [1.807, 2.05) is 6.08 Å². The molecule has 0 aliphatic carbocycles. The van der Waals surface area contributed by atoms with Gasteiger partial charge in [-0.15, -0.1) is 0 Å². The smallest absolute Gasteiger partial charge is 0.259 e. The number of aromatic hydroxyl groups is 1. The van der Waals surface area contributed by atoms with Crippen LogP contribution in [0.25, 0.3) is 0 Å². The van der Waals surface area contributed by atoms with Gasteiger partial charge in [0.15, 0.2) is 0 Å². The molecule has 4 nitrogen and oxygen atoms in total. The molecule has 0 heterocycles. The number of hydrogen-bond acceptors (Lipinski definition) is 3. The molecule has 0 radical (unpaired) electrons. The van der Waals surface area contributed by atoms with Crippen LogP contribution in [0.3, 0.4) is 0 Å². The predicted octanol–water partition coefficient (Wildman–Crippen LogP) is 6.02. The average molecular weight is 404 g/mol. The van der Waals surface area contributed by atoms with Gasteiger partial charge >= 0.3 is 0 Å². The summed E-state index contributed by atoms with van der Waals surface area (Å²) in [6.45, 7) is 7.77. The Balaban J connectivity index is 2.16. The fourth-order valence-electron chi connectivity index (χ4n) is 2.29. The number of rotatable bonds is 8. The van der Waals surface area contributed by atoms with E-state index in [4.69, 9.17) is 27.9 Å².